The summed E-state index contributed by atoms with van der Waals surface area (Å²) in [6.07, 6.45) is 3.27. The lowest BCUT2D eigenvalue weighted by atomic mass is 9.82. The van der Waals surface area contributed by atoms with E-state index in [1.54, 1.807) is 0 Å². The highest BCUT2D eigenvalue weighted by Gasteiger charge is 2.43. The lowest BCUT2D eigenvalue weighted by Crippen LogP contribution is -2.40. The van der Waals surface area contributed by atoms with E-state index in [0.717, 1.165) is 18.7 Å². The molecule has 1 fully saturated rings. The van der Waals surface area contributed by atoms with Crippen LogP contribution in [0.4, 0.5) is 0 Å². The molecule has 0 bridgehead atoms. The Bertz CT molecular complexity index is 407. The van der Waals surface area contributed by atoms with Crippen LogP contribution in [0.15, 0.2) is 6.20 Å². The number of aromatic nitrogens is 3. The fraction of sp³-hybridized carbons (Fsp3) is 0.846. The number of hydrogen-bond acceptors (Lipinski definition) is 5. The van der Waals surface area contributed by atoms with E-state index >= 15 is 0 Å². The van der Waals surface area contributed by atoms with Crippen LogP contribution in [-0.2, 0) is 11.3 Å². The van der Waals surface area contributed by atoms with Crippen LogP contribution in [-0.4, -0.2) is 27.2 Å². The lowest BCUT2D eigenvalue weighted by Gasteiger charge is -2.28. The van der Waals surface area contributed by atoms with Gasteiger partial charge in [-0.15, -0.1) is 5.10 Å². The van der Waals surface area contributed by atoms with Crippen LogP contribution in [0.1, 0.15) is 45.9 Å². The molecule has 0 radical (unpaired) electrons. The van der Waals surface area contributed by atoms with Gasteiger partial charge < -0.3 is 4.74 Å². The Hall–Kier alpha value is -0.980. The third-order valence-electron chi connectivity index (χ3n) is 4.29. The topological polar surface area (TPSA) is 78.0 Å². The molecule has 1 aromatic rings. The Balaban J connectivity index is 2.26. The maximum absolute atomic E-state index is 5.92. The number of hydrazine groups is 1. The molecule has 5 atom stereocenters. The van der Waals surface area contributed by atoms with E-state index in [-0.39, 0.29) is 18.2 Å². The number of rotatable bonds is 5. The number of aryl methyl sites for hydroxylation is 1. The van der Waals surface area contributed by atoms with Crippen molar-refractivity contribution in [1.29, 1.82) is 0 Å². The van der Waals surface area contributed by atoms with Crippen LogP contribution in [0.3, 0.4) is 0 Å². The van der Waals surface area contributed by atoms with E-state index in [9.17, 15) is 0 Å². The number of ether oxygens (including phenoxy) is 1. The Morgan fingerprint density at radius 3 is 2.68 bits per heavy atom. The minimum Gasteiger partial charge on any atom is -0.375 e. The van der Waals surface area contributed by atoms with Crippen LogP contribution in [0.5, 0.6) is 0 Å². The summed E-state index contributed by atoms with van der Waals surface area (Å²) < 4.78 is 7.86. The van der Waals surface area contributed by atoms with Crippen molar-refractivity contribution in [3.8, 4) is 0 Å². The first-order valence-corrected chi connectivity index (χ1v) is 7.10. The molecule has 1 saturated heterocycles. The summed E-state index contributed by atoms with van der Waals surface area (Å²) >= 11 is 0. The van der Waals surface area contributed by atoms with Gasteiger partial charge in [0.1, 0.15) is 0 Å². The fourth-order valence-electron chi connectivity index (χ4n) is 3.15. The van der Waals surface area contributed by atoms with Gasteiger partial charge in [-0.1, -0.05) is 19.1 Å². The van der Waals surface area contributed by atoms with E-state index < -0.39 is 0 Å². The average molecular weight is 267 g/mol. The van der Waals surface area contributed by atoms with Crippen molar-refractivity contribution in [2.75, 3.05) is 0 Å². The predicted octanol–water partition coefficient (Wildman–Crippen LogP) is 1.25. The van der Waals surface area contributed by atoms with E-state index in [2.05, 4.69) is 43.4 Å². The van der Waals surface area contributed by atoms with Gasteiger partial charge in [-0.25, -0.2) is 4.68 Å². The highest BCUT2D eigenvalue weighted by molar-refractivity contribution is 5.07. The lowest BCUT2D eigenvalue weighted by molar-refractivity contribution is 0.0471. The van der Waals surface area contributed by atoms with Crippen molar-refractivity contribution in [3.05, 3.63) is 11.9 Å². The summed E-state index contributed by atoms with van der Waals surface area (Å²) in [4.78, 5) is 0. The first kappa shape index (κ1) is 14.4. The van der Waals surface area contributed by atoms with E-state index in [0.29, 0.717) is 11.8 Å². The van der Waals surface area contributed by atoms with Crippen molar-refractivity contribution in [2.45, 2.75) is 58.9 Å². The summed E-state index contributed by atoms with van der Waals surface area (Å²) in [5.74, 6) is 6.58. The molecule has 0 amide bonds. The molecule has 0 aliphatic carbocycles. The van der Waals surface area contributed by atoms with Gasteiger partial charge in [-0.05, 0) is 26.2 Å². The monoisotopic (exact) mass is 267 g/mol. The average Bonchev–Trinajstić information content (AvgIpc) is 2.91. The molecule has 0 spiro atoms. The number of hydrogen-bond donors (Lipinski definition) is 2. The summed E-state index contributed by atoms with van der Waals surface area (Å²) in [6, 6.07) is 0.0245. The molecule has 5 unspecified atom stereocenters. The Morgan fingerprint density at radius 2 is 2.16 bits per heavy atom. The van der Waals surface area contributed by atoms with Crippen LogP contribution >= 0.6 is 0 Å². The van der Waals surface area contributed by atoms with Gasteiger partial charge in [0, 0.05) is 12.5 Å². The second-order valence-electron chi connectivity index (χ2n) is 5.51. The fourth-order valence-corrected chi connectivity index (χ4v) is 3.15. The Labute approximate surface area is 114 Å². The molecule has 2 heterocycles. The second kappa shape index (κ2) is 5.98. The zero-order valence-electron chi connectivity index (χ0n) is 12.2. The van der Waals surface area contributed by atoms with E-state index in [4.69, 9.17) is 10.6 Å². The van der Waals surface area contributed by atoms with Gasteiger partial charge in [-0.3, -0.25) is 11.3 Å². The van der Waals surface area contributed by atoms with Crippen molar-refractivity contribution in [3.63, 3.8) is 0 Å². The number of nitrogens with two attached hydrogens (primary N) is 1. The maximum atomic E-state index is 5.92. The SMILES string of the molecule is CCCn1nncc1C(NN)C1C(C)OC(C)C1C. The van der Waals surface area contributed by atoms with Gasteiger partial charge in [0.15, 0.2) is 0 Å². The predicted molar refractivity (Wildman–Crippen MR) is 73.0 cm³/mol. The molecule has 108 valence electrons. The van der Waals surface area contributed by atoms with Crippen molar-refractivity contribution in [2.24, 2.45) is 17.7 Å². The molecular formula is C13H25N5O. The molecule has 0 aromatic carbocycles. The minimum atomic E-state index is 0.0245. The highest BCUT2D eigenvalue weighted by atomic mass is 16.5. The quantitative estimate of drug-likeness (QED) is 0.620. The van der Waals surface area contributed by atoms with Crippen LogP contribution in [0.25, 0.3) is 0 Å². The maximum Gasteiger partial charge on any atom is 0.0774 e. The zero-order valence-corrected chi connectivity index (χ0v) is 12.2. The third-order valence-corrected chi connectivity index (χ3v) is 4.29. The molecule has 2 rings (SSSR count). The molecule has 0 saturated carbocycles. The molecule has 1 aliphatic rings. The number of nitrogens with zero attached hydrogens (tertiary/aromatic N) is 3. The first-order valence-electron chi connectivity index (χ1n) is 7.10. The van der Waals surface area contributed by atoms with E-state index in [1.165, 1.54) is 0 Å². The minimum absolute atomic E-state index is 0.0245. The largest absolute Gasteiger partial charge is 0.375 e. The Morgan fingerprint density at radius 1 is 1.42 bits per heavy atom. The molecule has 19 heavy (non-hydrogen) atoms. The Kier molecular flexibility index (Phi) is 4.54. The number of nitrogens with one attached hydrogen (secondary N) is 1. The van der Waals surface area contributed by atoms with Crippen LogP contribution in [0, 0.1) is 11.8 Å². The molecule has 6 nitrogen and oxygen atoms in total. The summed E-state index contributed by atoms with van der Waals surface area (Å²) in [6.45, 7) is 9.44. The summed E-state index contributed by atoms with van der Waals surface area (Å²) in [5.41, 5.74) is 3.99. The highest BCUT2D eigenvalue weighted by Crippen LogP contribution is 2.39. The second-order valence-corrected chi connectivity index (χ2v) is 5.51. The van der Waals surface area contributed by atoms with Gasteiger partial charge in [0.2, 0.25) is 0 Å². The third kappa shape index (κ3) is 2.66. The van der Waals surface area contributed by atoms with Crippen molar-refractivity contribution < 1.29 is 4.74 Å². The summed E-state index contributed by atoms with van der Waals surface area (Å²) in [7, 11) is 0. The van der Waals surface area contributed by atoms with Gasteiger partial charge in [0.05, 0.1) is 30.1 Å². The smallest absolute Gasteiger partial charge is 0.0774 e. The molecule has 3 N–H and O–H groups in total. The van der Waals surface area contributed by atoms with E-state index in [1.807, 2.05) is 10.9 Å². The van der Waals surface area contributed by atoms with Crippen LogP contribution in [0.2, 0.25) is 0 Å². The molecular weight excluding hydrogens is 242 g/mol. The molecule has 6 heteroatoms. The van der Waals surface area contributed by atoms with Crippen molar-refractivity contribution in [1.82, 2.24) is 20.4 Å². The first-order chi connectivity index (χ1) is 9.10. The summed E-state index contributed by atoms with van der Waals surface area (Å²) in [5, 5.41) is 8.17. The standard InChI is InChI=1S/C13H25N5O/c1-5-6-18-11(7-15-17-18)13(16-14)12-8(2)9(3)19-10(12)4/h7-10,12-13,16H,5-6,14H2,1-4H3. The molecule has 1 aromatic heterocycles. The van der Waals surface area contributed by atoms with Gasteiger partial charge >= 0.3 is 0 Å². The van der Waals surface area contributed by atoms with Gasteiger partial charge in [-0.2, -0.15) is 0 Å². The zero-order chi connectivity index (χ0) is 14.0. The van der Waals surface area contributed by atoms with Crippen molar-refractivity contribution >= 4 is 0 Å². The van der Waals surface area contributed by atoms with Gasteiger partial charge in [0.25, 0.3) is 0 Å². The normalized spacial score (nSPS) is 32.7. The van der Waals surface area contributed by atoms with Crippen LogP contribution < -0.4 is 11.3 Å². The molecule has 1 aliphatic heterocycles.